The topological polar surface area (TPSA) is 148 Å². The van der Waals surface area contributed by atoms with Crippen molar-refractivity contribution in [3.63, 3.8) is 0 Å². The summed E-state index contributed by atoms with van der Waals surface area (Å²) in [5, 5.41) is 12.8. The third-order valence-electron chi connectivity index (χ3n) is 5.38. The number of oxime groups is 1. The first-order chi connectivity index (χ1) is 19.4. The Kier molecular flexibility index (Phi) is 10.5. The molecule has 0 aliphatic carbocycles. The summed E-state index contributed by atoms with van der Waals surface area (Å²) >= 11 is 7.78. The number of carbonyl (C=O) groups excluding carboxylic acids is 4. The molecule has 0 bridgehead atoms. The molecule has 1 aromatic heterocycles. The SMILES string of the molecule is O=C(/C=N\OCc1csc(NC(=O)CCl)n1)N[C@@H]1C(=O)N[C@@H]1SCC(=O)OC(c1ccccc1)c1ccccc1. The zero-order chi connectivity index (χ0) is 28.3. The van der Waals surface area contributed by atoms with E-state index in [1.165, 1.54) is 11.3 Å². The maximum Gasteiger partial charge on any atom is 0.316 e. The first-order valence-corrected chi connectivity index (χ1v) is 14.4. The van der Waals surface area contributed by atoms with Gasteiger partial charge < -0.3 is 25.5 Å². The van der Waals surface area contributed by atoms with Crippen LogP contribution in [0.4, 0.5) is 5.13 Å². The second-order valence-electron chi connectivity index (χ2n) is 8.25. The second-order valence-corrected chi connectivity index (χ2v) is 10.5. The van der Waals surface area contributed by atoms with E-state index in [9.17, 15) is 19.2 Å². The zero-order valence-corrected chi connectivity index (χ0v) is 23.2. The van der Waals surface area contributed by atoms with E-state index in [4.69, 9.17) is 21.2 Å². The average Bonchev–Trinajstić information content (AvgIpc) is 3.42. The maximum absolute atomic E-state index is 12.7. The molecule has 11 nitrogen and oxygen atoms in total. The summed E-state index contributed by atoms with van der Waals surface area (Å²) in [6.07, 6.45) is 0.326. The molecule has 0 spiro atoms. The van der Waals surface area contributed by atoms with Crippen molar-refractivity contribution in [2.75, 3.05) is 16.9 Å². The van der Waals surface area contributed by atoms with E-state index in [-0.39, 0.29) is 30.1 Å². The molecule has 3 aromatic rings. The van der Waals surface area contributed by atoms with Gasteiger partial charge in [-0.15, -0.1) is 34.7 Å². The number of aromatic nitrogens is 1. The minimum absolute atomic E-state index is 0.0332. The predicted octanol–water partition coefficient (Wildman–Crippen LogP) is 2.83. The largest absolute Gasteiger partial charge is 0.452 e. The Morgan fingerprint density at radius 2 is 1.80 bits per heavy atom. The lowest BCUT2D eigenvalue weighted by atomic mass is 10.0. The molecule has 1 aliphatic rings. The van der Waals surface area contributed by atoms with E-state index in [0.29, 0.717) is 10.8 Å². The van der Waals surface area contributed by atoms with Gasteiger partial charge in [-0.05, 0) is 11.1 Å². The number of anilines is 1. The van der Waals surface area contributed by atoms with Gasteiger partial charge in [0.1, 0.15) is 23.5 Å². The number of carbonyl (C=O) groups is 4. The van der Waals surface area contributed by atoms with Crippen LogP contribution in [0, 0.1) is 0 Å². The number of nitrogens with zero attached hydrogens (tertiary/aromatic N) is 2. The molecule has 2 atom stereocenters. The summed E-state index contributed by atoms with van der Waals surface area (Å²) in [6.45, 7) is -0.0332. The molecule has 1 fully saturated rings. The highest BCUT2D eigenvalue weighted by Gasteiger charge is 2.41. The van der Waals surface area contributed by atoms with E-state index in [1.54, 1.807) is 5.38 Å². The Morgan fingerprint density at radius 3 is 2.42 bits per heavy atom. The Morgan fingerprint density at radius 1 is 1.12 bits per heavy atom. The lowest BCUT2D eigenvalue weighted by Crippen LogP contribution is -2.68. The number of hydrogen-bond donors (Lipinski definition) is 3. The van der Waals surface area contributed by atoms with Gasteiger partial charge in [0.15, 0.2) is 17.8 Å². The standard InChI is InChI=1S/C26H24ClN5O6S2/c27-11-19(33)31-26-29-18(14-40-26)13-37-28-12-20(34)30-22-24(36)32-25(22)39-15-21(35)38-23(16-7-3-1-4-8-16)17-9-5-2-6-10-17/h1-10,12,14,22-23,25H,11,13,15H2,(H,30,34)(H,32,36)(H,29,31,33)/b28-12-/t22-,25-/m1/s1. The predicted molar refractivity (Wildman–Crippen MR) is 152 cm³/mol. The molecule has 14 heteroatoms. The number of thiazole rings is 1. The molecule has 40 heavy (non-hydrogen) atoms. The number of β-lactam (4-membered cyclic amide) rings is 1. The molecule has 3 N–H and O–H groups in total. The van der Waals surface area contributed by atoms with Gasteiger partial charge in [-0.25, -0.2) is 4.98 Å². The second kappa shape index (κ2) is 14.4. The van der Waals surface area contributed by atoms with Crippen LogP contribution >= 0.6 is 34.7 Å². The molecule has 1 saturated heterocycles. The summed E-state index contributed by atoms with van der Waals surface area (Å²) in [7, 11) is 0. The molecular weight excluding hydrogens is 578 g/mol. The highest BCUT2D eigenvalue weighted by molar-refractivity contribution is 8.00. The van der Waals surface area contributed by atoms with Crippen LogP contribution in [-0.2, 0) is 35.4 Å². The summed E-state index contributed by atoms with van der Waals surface area (Å²) in [4.78, 5) is 57.4. The number of amides is 3. The van der Waals surface area contributed by atoms with Crippen LogP contribution in [0.5, 0.6) is 0 Å². The van der Waals surface area contributed by atoms with Crippen molar-refractivity contribution in [2.45, 2.75) is 24.1 Å². The Hall–Kier alpha value is -3.94. The zero-order valence-electron chi connectivity index (χ0n) is 20.8. The van der Waals surface area contributed by atoms with Crippen molar-refractivity contribution in [1.29, 1.82) is 0 Å². The van der Waals surface area contributed by atoms with E-state index < -0.39 is 29.4 Å². The highest BCUT2D eigenvalue weighted by atomic mass is 35.5. The van der Waals surface area contributed by atoms with Crippen molar-refractivity contribution < 1.29 is 28.8 Å². The molecule has 2 aromatic carbocycles. The fourth-order valence-electron chi connectivity index (χ4n) is 3.50. The van der Waals surface area contributed by atoms with Gasteiger partial charge in [-0.2, -0.15) is 0 Å². The van der Waals surface area contributed by atoms with Crippen molar-refractivity contribution in [1.82, 2.24) is 15.6 Å². The number of esters is 1. The van der Waals surface area contributed by atoms with E-state index in [2.05, 4.69) is 26.1 Å². The molecule has 208 valence electrons. The highest BCUT2D eigenvalue weighted by Crippen LogP contribution is 2.27. The van der Waals surface area contributed by atoms with E-state index >= 15 is 0 Å². The molecule has 1 aliphatic heterocycles. The third-order valence-corrected chi connectivity index (χ3v) is 7.58. The van der Waals surface area contributed by atoms with Gasteiger partial charge in [-0.1, -0.05) is 65.8 Å². The fraction of sp³-hybridized carbons (Fsp3) is 0.231. The minimum atomic E-state index is -0.845. The van der Waals surface area contributed by atoms with Crippen molar-refractivity contribution in [2.24, 2.45) is 5.16 Å². The van der Waals surface area contributed by atoms with Crippen molar-refractivity contribution in [3.8, 4) is 0 Å². The monoisotopic (exact) mass is 601 g/mol. The minimum Gasteiger partial charge on any atom is -0.452 e. The number of rotatable bonds is 13. The third kappa shape index (κ3) is 8.28. The Balaban J connectivity index is 1.22. The molecule has 3 amide bonds. The van der Waals surface area contributed by atoms with Gasteiger partial charge >= 0.3 is 5.97 Å². The van der Waals surface area contributed by atoms with Crippen molar-refractivity contribution in [3.05, 3.63) is 82.9 Å². The first kappa shape index (κ1) is 29.1. The van der Waals surface area contributed by atoms with E-state index in [0.717, 1.165) is 29.1 Å². The number of nitrogens with one attached hydrogen (secondary N) is 3. The van der Waals surface area contributed by atoms with Crippen LogP contribution in [0.3, 0.4) is 0 Å². The van der Waals surface area contributed by atoms with Crippen LogP contribution in [0.1, 0.15) is 22.9 Å². The van der Waals surface area contributed by atoms with Crippen LogP contribution in [0.2, 0.25) is 0 Å². The molecule has 0 unspecified atom stereocenters. The number of halogens is 1. The quantitative estimate of drug-likeness (QED) is 0.0890. The maximum atomic E-state index is 12.7. The molecule has 0 radical (unpaired) electrons. The summed E-state index contributed by atoms with van der Waals surface area (Å²) in [5.41, 5.74) is 2.17. The normalized spacial score (nSPS) is 16.2. The van der Waals surface area contributed by atoms with Gasteiger partial charge in [-0.3, -0.25) is 19.2 Å². The van der Waals surface area contributed by atoms with E-state index in [1.807, 2.05) is 60.7 Å². The first-order valence-electron chi connectivity index (χ1n) is 11.9. The fourth-order valence-corrected chi connectivity index (χ4v) is 5.25. The number of benzene rings is 2. The van der Waals surface area contributed by atoms with Gasteiger partial charge in [0.25, 0.3) is 5.91 Å². The molecule has 2 heterocycles. The number of hydrogen-bond acceptors (Lipinski definition) is 10. The summed E-state index contributed by atoms with van der Waals surface area (Å²) < 4.78 is 5.78. The van der Waals surface area contributed by atoms with Crippen LogP contribution in [0.25, 0.3) is 0 Å². The average molecular weight is 602 g/mol. The lowest BCUT2D eigenvalue weighted by Gasteiger charge is -2.36. The number of alkyl halides is 1. The van der Waals surface area contributed by atoms with Gasteiger partial charge in [0.05, 0.1) is 11.4 Å². The molecule has 4 rings (SSSR count). The summed E-state index contributed by atoms with van der Waals surface area (Å²) in [6, 6.07) is 18.0. The molecular formula is C26H24ClN5O6S2. The van der Waals surface area contributed by atoms with Crippen LogP contribution in [-0.4, -0.2) is 57.9 Å². The number of ether oxygens (including phenoxy) is 1. The van der Waals surface area contributed by atoms with Crippen LogP contribution < -0.4 is 16.0 Å². The van der Waals surface area contributed by atoms with Gasteiger partial charge in [0, 0.05) is 5.38 Å². The Bertz CT molecular complexity index is 1320. The lowest BCUT2D eigenvalue weighted by molar-refractivity contribution is -0.144. The Labute approximate surface area is 242 Å². The summed E-state index contributed by atoms with van der Waals surface area (Å²) in [5.74, 6) is -2.09. The molecule has 0 saturated carbocycles. The smallest absolute Gasteiger partial charge is 0.316 e. The van der Waals surface area contributed by atoms with Crippen molar-refractivity contribution >= 4 is 69.7 Å². The van der Waals surface area contributed by atoms with Gasteiger partial charge in [0.2, 0.25) is 11.8 Å². The van der Waals surface area contributed by atoms with Crippen LogP contribution in [0.15, 0.2) is 71.2 Å². The number of thioether (sulfide) groups is 1.